The highest BCUT2D eigenvalue weighted by atomic mass is 35.5. The number of aromatic hydroxyl groups is 1. The van der Waals surface area contributed by atoms with Gasteiger partial charge in [0.05, 0.1) is 24.9 Å². The summed E-state index contributed by atoms with van der Waals surface area (Å²) in [4.78, 5) is 0. The van der Waals surface area contributed by atoms with Gasteiger partial charge in [-0.2, -0.15) is 0 Å². The van der Waals surface area contributed by atoms with Crippen LogP contribution in [-0.2, 0) is 6.54 Å². The molecule has 0 atom stereocenters. The molecule has 0 aliphatic rings. The zero-order valence-electron chi connectivity index (χ0n) is 16.6. The molecule has 3 aromatic carbocycles. The van der Waals surface area contributed by atoms with Gasteiger partial charge in [0.25, 0.3) is 0 Å². The Labute approximate surface area is 189 Å². The lowest BCUT2D eigenvalue weighted by molar-refractivity contribution is 0.417. The molecule has 8 heteroatoms. The van der Waals surface area contributed by atoms with Gasteiger partial charge in [-0.25, -0.2) is 0 Å². The van der Waals surface area contributed by atoms with Gasteiger partial charge in [0, 0.05) is 10.4 Å². The Balaban J connectivity index is 1.64. The van der Waals surface area contributed by atoms with E-state index in [1.54, 1.807) is 11.7 Å². The predicted octanol–water partition coefficient (Wildman–Crippen LogP) is 6.54. The molecule has 0 spiro atoms. The molecule has 4 rings (SSSR count). The lowest BCUT2D eigenvalue weighted by Gasteiger charge is -2.08. The molecule has 0 saturated heterocycles. The van der Waals surface area contributed by atoms with Gasteiger partial charge in [-0.05, 0) is 48.1 Å². The van der Waals surface area contributed by atoms with Crippen LogP contribution in [0.25, 0.3) is 10.9 Å². The van der Waals surface area contributed by atoms with E-state index in [0.717, 1.165) is 16.5 Å². The van der Waals surface area contributed by atoms with Crippen LogP contribution in [0.5, 0.6) is 11.6 Å². The zero-order valence-corrected chi connectivity index (χ0v) is 18.2. The van der Waals surface area contributed by atoms with Crippen LogP contribution in [0.2, 0.25) is 5.02 Å². The van der Waals surface area contributed by atoms with Crippen LogP contribution in [0.3, 0.4) is 0 Å². The van der Waals surface area contributed by atoms with Gasteiger partial charge in [-0.3, -0.25) is 0 Å². The van der Waals surface area contributed by atoms with Crippen LogP contribution in [-0.4, -0.2) is 21.9 Å². The van der Waals surface area contributed by atoms with E-state index in [2.05, 4.69) is 15.5 Å². The summed E-state index contributed by atoms with van der Waals surface area (Å²) in [6.07, 6.45) is 0. The lowest BCUT2D eigenvalue weighted by atomic mass is 10.2. The van der Waals surface area contributed by atoms with Crippen LogP contribution in [0.4, 0.5) is 11.4 Å². The van der Waals surface area contributed by atoms with Crippen molar-refractivity contribution < 1.29 is 9.84 Å². The maximum atomic E-state index is 10.9. The van der Waals surface area contributed by atoms with Crippen molar-refractivity contribution >= 4 is 51.2 Å². The van der Waals surface area contributed by atoms with Crippen molar-refractivity contribution in [2.75, 3.05) is 12.4 Å². The second kappa shape index (κ2) is 9.16. The topological polar surface area (TPSA) is 71.1 Å². The van der Waals surface area contributed by atoms with Crippen molar-refractivity contribution in [3.63, 3.8) is 0 Å². The summed E-state index contributed by atoms with van der Waals surface area (Å²) in [5.74, 6) is 0.655. The summed E-state index contributed by atoms with van der Waals surface area (Å²) < 4.78 is 7.09. The van der Waals surface area contributed by atoms with Crippen LogP contribution in [0, 0.1) is 0 Å². The van der Waals surface area contributed by atoms with Crippen LogP contribution in [0.1, 0.15) is 5.56 Å². The zero-order chi connectivity index (χ0) is 21.8. The number of hydrogen-bond acceptors (Lipinski definition) is 4. The Morgan fingerprint density at radius 1 is 1.06 bits per heavy atom. The molecular weight excluding hydrogens is 432 g/mol. The molecule has 0 unspecified atom stereocenters. The number of para-hydroxylation sites is 3. The number of halogens is 1. The molecule has 6 nitrogen and oxygen atoms in total. The van der Waals surface area contributed by atoms with Crippen molar-refractivity contribution in [3.8, 4) is 11.6 Å². The number of ether oxygens (including phenoxy) is 1. The summed E-state index contributed by atoms with van der Waals surface area (Å²) in [5, 5.41) is 23.9. The molecule has 0 saturated carbocycles. The van der Waals surface area contributed by atoms with Crippen molar-refractivity contribution in [2.45, 2.75) is 6.54 Å². The fraction of sp³-hybridized carbons (Fsp3) is 0.0870. The summed E-state index contributed by atoms with van der Waals surface area (Å²) in [6.45, 7) is 0.461. The number of nitrogens with one attached hydrogen (secondary N) is 1. The summed E-state index contributed by atoms with van der Waals surface area (Å²) in [7, 11) is 1.58. The fourth-order valence-corrected chi connectivity index (χ4v) is 3.56. The molecule has 0 aliphatic carbocycles. The van der Waals surface area contributed by atoms with Gasteiger partial charge in [0.2, 0.25) is 11.0 Å². The van der Waals surface area contributed by atoms with Crippen molar-refractivity contribution in [1.82, 2.24) is 4.57 Å². The average Bonchev–Trinajstić information content (AvgIpc) is 3.05. The molecule has 0 radical (unpaired) electrons. The third-order valence-electron chi connectivity index (χ3n) is 4.76. The number of benzene rings is 3. The highest BCUT2D eigenvalue weighted by molar-refractivity contribution is 7.80. The largest absolute Gasteiger partial charge is 0.495 e. The standard InChI is InChI=1S/C23H19ClN4O2S/c1-30-20-9-5-3-7-18(20)25-23(31)27-26-21-17-6-2-4-8-19(17)28(22(21)29)14-15-10-12-16(24)13-11-15/h2-13,29H,14H2,1H3,(H,25,31). The number of fused-ring (bicyclic) bond motifs is 1. The Morgan fingerprint density at radius 2 is 1.77 bits per heavy atom. The van der Waals surface area contributed by atoms with Gasteiger partial charge >= 0.3 is 0 Å². The van der Waals surface area contributed by atoms with Crippen LogP contribution >= 0.6 is 23.8 Å². The first kappa shape index (κ1) is 20.8. The minimum atomic E-state index is 0.0139. The van der Waals surface area contributed by atoms with Crippen LogP contribution in [0.15, 0.2) is 83.0 Å². The van der Waals surface area contributed by atoms with E-state index in [-0.39, 0.29) is 11.0 Å². The first-order valence-electron chi connectivity index (χ1n) is 9.47. The number of aromatic nitrogens is 1. The second-order valence-electron chi connectivity index (χ2n) is 6.73. The van der Waals surface area contributed by atoms with E-state index in [0.29, 0.717) is 28.7 Å². The van der Waals surface area contributed by atoms with E-state index in [1.165, 1.54) is 0 Å². The minimum absolute atomic E-state index is 0.0139. The molecule has 31 heavy (non-hydrogen) atoms. The third-order valence-corrected chi connectivity index (χ3v) is 5.20. The summed E-state index contributed by atoms with van der Waals surface area (Å²) in [6, 6.07) is 22.5. The molecular formula is C23H19ClN4O2S. The van der Waals surface area contributed by atoms with E-state index < -0.39 is 0 Å². The monoisotopic (exact) mass is 450 g/mol. The van der Waals surface area contributed by atoms with Crippen molar-refractivity contribution in [2.24, 2.45) is 10.2 Å². The third kappa shape index (κ3) is 4.52. The fourth-order valence-electron chi connectivity index (χ4n) is 3.29. The number of nitrogens with zero attached hydrogens (tertiary/aromatic N) is 3. The molecule has 0 aliphatic heterocycles. The van der Waals surface area contributed by atoms with Gasteiger partial charge in [-0.1, -0.05) is 54.1 Å². The molecule has 1 heterocycles. The maximum absolute atomic E-state index is 10.9. The number of anilines is 1. The molecule has 156 valence electrons. The molecule has 1 aromatic heterocycles. The van der Waals surface area contributed by atoms with Crippen molar-refractivity contribution in [1.29, 1.82) is 0 Å². The molecule has 0 fully saturated rings. The Hall–Kier alpha value is -3.42. The number of azo groups is 1. The first-order chi connectivity index (χ1) is 15.1. The predicted molar refractivity (Wildman–Crippen MR) is 128 cm³/mol. The summed E-state index contributed by atoms with van der Waals surface area (Å²) >= 11 is 11.3. The van der Waals surface area contributed by atoms with E-state index >= 15 is 0 Å². The number of methoxy groups -OCH3 is 1. The molecule has 4 aromatic rings. The highest BCUT2D eigenvalue weighted by Gasteiger charge is 2.17. The number of thiocarbonyl (C=S) groups is 1. The van der Waals surface area contributed by atoms with E-state index in [1.807, 2.05) is 72.8 Å². The average molecular weight is 451 g/mol. The molecule has 0 amide bonds. The SMILES string of the molecule is COc1ccccc1NC(=S)N=Nc1c(O)n(Cc2ccc(Cl)cc2)c2ccccc12. The number of rotatable bonds is 5. The highest BCUT2D eigenvalue weighted by Crippen LogP contribution is 2.39. The van der Waals surface area contributed by atoms with Gasteiger partial charge in [0.1, 0.15) is 5.75 Å². The first-order valence-corrected chi connectivity index (χ1v) is 10.3. The maximum Gasteiger partial charge on any atom is 0.221 e. The quantitative estimate of drug-likeness (QED) is 0.267. The molecule has 0 bridgehead atoms. The summed E-state index contributed by atoms with van der Waals surface area (Å²) in [5.41, 5.74) is 2.88. The van der Waals surface area contributed by atoms with E-state index in [4.69, 9.17) is 28.6 Å². The lowest BCUT2D eigenvalue weighted by Crippen LogP contribution is -2.06. The second-order valence-corrected chi connectivity index (χ2v) is 7.56. The minimum Gasteiger partial charge on any atom is -0.495 e. The smallest absolute Gasteiger partial charge is 0.221 e. The van der Waals surface area contributed by atoms with Gasteiger partial charge < -0.3 is 19.7 Å². The van der Waals surface area contributed by atoms with Crippen LogP contribution < -0.4 is 10.1 Å². The number of hydrogen-bond donors (Lipinski definition) is 2. The van der Waals surface area contributed by atoms with Crippen molar-refractivity contribution in [3.05, 3.63) is 83.4 Å². The molecule has 2 N–H and O–H groups in total. The normalized spacial score (nSPS) is 11.2. The Morgan fingerprint density at radius 3 is 2.55 bits per heavy atom. The Kier molecular flexibility index (Phi) is 6.16. The Bertz CT molecular complexity index is 1270. The van der Waals surface area contributed by atoms with E-state index in [9.17, 15) is 5.11 Å². The van der Waals surface area contributed by atoms with Gasteiger partial charge in [0.15, 0.2) is 5.69 Å². The van der Waals surface area contributed by atoms with Gasteiger partial charge in [-0.15, -0.1) is 10.2 Å².